The van der Waals surface area contributed by atoms with Gasteiger partial charge in [0.05, 0.1) is 6.21 Å². The van der Waals surface area contributed by atoms with Gasteiger partial charge in [-0.3, -0.25) is 4.79 Å². The number of rotatable bonds is 6. The van der Waals surface area contributed by atoms with Gasteiger partial charge in [0.2, 0.25) is 0 Å². The number of amides is 1. The highest BCUT2D eigenvalue weighted by atomic mass is 32.2. The zero-order chi connectivity index (χ0) is 22.1. The van der Waals surface area contributed by atoms with Crippen molar-refractivity contribution in [3.05, 3.63) is 54.4 Å². The van der Waals surface area contributed by atoms with E-state index in [1.807, 2.05) is 30.3 Å². The molecule has 1 amide bonds. The molecule has 0 aliphatic carbocycles. The Kier molecular flexibility index (Phi) is 5.70. The fourth-order valence-electron chi connectivity index (χ4n) is 2.50. The number of hydrogen-bond donors (Lipinski definition) is 0. The van der Waals surface area contributed by atoms with Crippen LogP contribution in [0.15, 0.2) is 59.0 Å². The van der Waals surface area contributed by atoms with Crippen molar-refractivity contribution in [1.29, 1.82) is 0 Å². The maximum Gasteiger partial charge on any atom is 0.323 e. The number of sulfonamides is 1. The molecule has 1 heterocycles. The number of nitrogens with zero attached hydrogens (tertiary/aromatic N) is 6. The van der Waals surface area contributed by atoms with Crippen LogP contribution in [0.5, 0.6) is 0 Å². The van der Waals surface area contributed by atoms with Crippen LogP contribution in [0, 0.1) is 0 Å². The van der Waals surface area contributed by atoms with E-state index in [-0.39, 0.29) is 4.41 Å². The summed E-state index contributed by atoms with van der Waals surface area (Å²) < 4.78 is 51.3. The summed E-state index contributed by atoms with van der Waals surface area (Å²) in [7, 11) is -6.20. The predicted octanol–water partition coefficient (Wildman–Crippen LogP) is 0.657. The summed E-state index contributed by atoms with van der Waals surface area (Å²) in [6, 6.07) is 12.8. The lowest BCUT2D eigenvalue weighted by Gasteiger charge is -2.13. The normalized spacial score (nSPS) is 12.7. The first-order valence-electron chi connectivity index (χ1n) is 8.47. The SMILES string of the molecule is CC(=O)N(/N=C/c1cccc2ccccc12)S(=O)(=O)c1ncn(S(=O)(=O)N(C)C)n1. The molecule has 0 saturated carbocycles. The number of carbonyl (C=O) groups excluding carboxylic acids is 1. The molecule has 0 aliphatic heterocycles. The second-order valence-corrected chi connectivity index (χ2v) is 9.93. The third-order valence-electron chi connectivity index (χ3n) is 4.00. The summed E-state index contributed by atoms with van der Waals surface area (Å²) in [5.74, 6) is -0.918. The van der Waals surface area contributed by atoms with Gasteiger partial charge in [-0.05, 0) is 10.8 Å². The van der Waals surface area contributed by atoms with Gasteiger partial charge in [-0.15, -0.1) is 13.6 Å². The minimum absolute atomic E-state index is 0.219. The van der Waals surface area contributed by atoms with Gasteiger partial charge in [0.15, 0.2) is 0 Å². The highest BCUT2D eigenvalue weighted by Gasteiger charge is 2.32. The summed E-state index contributed by atoms with van der Waals surface area (Å²) >= 11 is 0. The van der Waals surface area contributed by atoms with E-state index in [1.54, 1.807) is 12.1 Å². The molecule has 2 aromatic carbocycles. The van der Waals surface area contributed by atoms with Gasteiger partial charge in [-0.25, -0.2) is 4.98 Å². The average Bonchev–Trinajstić information content (AvgIpc) is 3.19. The summed E-state index contributed by atoms with van der Waals surface area (Å²) in [5, 5.41) is 8.17. The van der Waals surface area contributed by atoms with Gasteiger partial charge < -0.3 is 0 Å². The Hall–Kier alpha value is -3.16. The second-order valence-electron chi connectivity index (χ2n) is 6.27. The molecule has 13 heteroatoms. The Morgan fingerprint density at radius 1 is 1.07 bits per heavy atom. The van der Waals surface area contributed by atoms with Gasteiger partial charge in [0, 0.05) is 26.6 Å². The van der Waals surface area contributed by atoms with E-state index in [2.05, 4.69) is 15.2 Å². The van der Waals surface area contributed by atoms with Crippen molar-refractivity contribution in [3.63, 3.8) is 0 Å². The van der Waals surface area contributed by atoms with Crippen LogP contribution >= 0.6 is 0 Å². The van der Waals surface area contributed by atoms with Crippen LogP contribution in [0.2, 0.25) is 0 Å². The van der Waals surface area contributed by atoms with Crippen molar-refractivity contribution < 1.29 is 21.6 Å². The molecule has 11 nitrogen and oxygen atoms in total. The van der Waals surface area contributed by atoms with Crippen LogP contribution in [0.3, 0.4) is 0 Å². The van der Waals surface area contributed by atoms with Gasteiger partial charge in [0.1, 0.15) is 6.33 Å². The van der Waals surface area contributed by atoms with Crippen molar-refractivity contribution in [1.82, 2.24) is 22.9 Å². The van der Waals surface area contributed by atoms with Gasteiger partial charge in [0.25, 0.3) is 11.1 Å². The highest BCUT2D eigenvalue weighted by Crippen LogP contribution is 2.18. The monoisotopic (exact) mass is 450 g/mol. The largest absolute Gasteiger partial charge is 0.323 e. The van der Waals surface area contributed by atoms with Crippen LogP contribution < -0.4 is 0 Å². The van der Waals surface area contributed by atoms with E-state index in [9.17, 15) is 21.6 Å². The molecule has 1 aromatic heterocycles. The van der Waals surface area contributed by atoms with E-state index in [0.717, 1.165) is 28.3 Å². The third-order valence-corrected chi connectivity index (χ3v) is 7.03. The first-order valence-corrected chi connectivity index (χ1v) is 11.3. The summed E-state index contributed by atoms with van der Waals surface area (Å²) in [6.07, 6.45) is 1.96. The first kappa shape index (κ1) is 21.5. The Morgan fingerprint density at radius 3 is 2.40 bits per heavy atom. The van der Waals surface area contributed by atoms with Crippen LogP contribution in [0.1, 0.15) is 12.5 Å². The molecule has 0 spiro atoms. The lowest BCUT2D eigenvalue weighted by atomic mass is 10.1. The van der Waals surface area contributed by atoms with Crippen molar-refractivity contribution >= 4 is 43.1 Å². The maximum atomic E-state index is 12.8. The Labute approximate surface area is 173 Å². The minimum atomic E-state index is -4.63. The molecule has 0 atom stereocenters. The lowest BCUT2D eigenvalue weighted by Crippen LogP contribution is -2.32. The van der Waals surface area contributed by atoms with Crippen LogP contribution in [0.4, 0.5) is 0 Å². The molecule has 0 N–H and O–H groups in total. The van der Waals surface area contributed by atoms with Gasteiger partial charge in [-0.2, -0.15) is 26.2 Å². The summed E-state index contributed by atoms with van der Waals surface area (Å²) in [5.41, 5.74) is 0.586. The molecule has 3 aromatic rings. The zero-order valence-electron chi connectivity index (χ0n) is 16.2. The van der Waals surface area contributed by atoms with E-state index < -0.39 is 31.3 Å². The number of carbonyl (C=O) groups is 1. The Balaban J connectivity index is 2.01. The standard InChI is InChI=1S/C17H18N6O5S2/c1-13(24)23(19-11-15-9-6-8-14-7-4-5-10-16(14)15)29(25,26)17-18-12-22(20-17)30(27,28)21(2)3/h4-12H,1-3H3/b19-11+. The minimum Gasteiger partial charge on any atom is -0.272 e. The Morgan fingerprint density at radius 2 is 1.73 bits per heavy atom. The lowest BCUT2D eigenvalue weighted by molar-refractivity contribution is -0.124. The average molecular weight is 451 g/mol. The fourth-order valence-corrected chi connectivity index (χ4v) is 4.27. The molecule has 0 fully saturated rings. The fraction of sp³-hybridized carbons (Fsp3) is 0.176. The molecular formula is C17H18N6O5S2. The molecule has 0 unspecified atom stereocenters. The molecule has 0 bridgehead atoms. The Bertz CT molecular complexity index is 1340. The molecule has 0 radical (unpaired) electrons. The third kappa shape index (κ3) is 3.94. The van der Waals surface area contributed by atoms with E-state index in [4.69, 9.17) is 0 Å². The molecule has 0 aliphatic rings. The summed E-state index contributed by atoms with van der Waals surface area (Å²) in [6.45, 7) is 1.01. The zero-order valence-corrected chi connectivity index (χ0v) is 17.9. The van der Waals surface area contributed by atoms with Crippen LogP contribution in [-0.2, 0) is 25.0 Å². The van der Waals surface area contributed by atoms with Gasteiger partial charge in [-0.1, -0.05) is 42.5 Å². The number of aromatic nitrogens is 3. The molecular weight excluding hydrogens is 432 g/mol. The van der Waals surface area contributed by atoms with Crippen LogP contribution in [-0.4, -0.2) is 65.9 Å². The van der Waals surface area contributed by atoms with Crippen molar-refractivity contribution in [2.45, 2.75) is 12.1 Å². The molecule has 30 heavy (non-hydrogen) atoms. The molecule has 3 rings (SSSR count). The first-order chi connectivity index (χ1) is 14.0. The van der Waals surface area contributed by atoms with E-state index in [1.165, 1.54) is 20.3 Å². The van der Waals surface area contributed by atoms with E-state index >= 15 is 0 Å². The quantitative estimate of drug-likeness (QED) is 0.397. The van der Waals surface area contributed by atoms with Crippen molar-refractivity contribution in [2.24, 2.45) is 5.10 Å². The number of hydrogen-bond acceptors (Lipinski definition) is 8. The topological polar surface area (TPSA) is 135 Å². The van der Waals surface area contributed by atoms with Crippen molar-refractivity contribution in [3.8, 4) is 0 Å². The van der Waals surface area contributed by atoms with Gasteiger partial charge >= 0.3 is 20.2 Å². The van der Waals surface area contributed by atoms with Crippen LogP contribution in [0.25, 0.3) is 10.8 Å². The highest BCUT2D eigenvalue weighted by molar-refractivity contribution is 7.89. The maximum absolute atomic E-state index is 12.8. The number of benzene rings is 2. The van der Waals surface area contributed by atoms with E-state index in [0.29, 0.717) is 9.65 Å². The molecule has 0 saturated heterocycles. The predicted molar refractivity (Wildman–Crippen MR) is 109 cm³/mol. The second kappa shape index (κ2) is 7.93. The summed E-state index contributed by atoms with van der Waals surface area (Å²) in [4.78, 5) is 15.5. The van der Waals surface area contributed by atoms with Crippen molar-refractivity contribution in [2.75, 3.05) is 14.1 Å². The molecule has 158 valence electrons. The number of hydrazone groups is 1. The smallest absolute Gasteiger partial charge is 0.272 e. The number of fused-ring (bicyclic) bond motifs is 1.